The summed E-state index contributed by atoms with van der Waals surface area (Å²) in [5.41, 5.74) is 1.40. The summed E-state index contributed by atoms with van der Waals surface area (Å²) in [5, 5.41) is 0. The lowest BCUT2D eigenvalue weighted by Crippen LogP contribution is -2.42. The Balaban J connectivity index is 1.75. The highest BCUT2D eigenvalue weighted by molar-refractivity contribution is 5.47. The summed E-state index contributed by atoms with van der Waals surface area (Å²) in [4.78, 5) is 29.5. The van der Waals surface area contributed by atoms with Crippen LogP contribution in [0.2, 0.25) is 0 Å². The van der Waals surface area contributed by atoms with Gasteiger partial charge in [0.15, 0.2) is 0 Å². The first kappa shape index (κ1) is 17.3. The molecule has 1 saturated heterocycles. The summed E-state index contributed by atoms with van der Waals surface area (Å²) in [6.45, 7) is 5.44. The molecule has 2 heterocycles. The van der Waals surface area contributed by atoms with E-state index in [-0.39, 0.29) is 11.2 Å². The first-order valence-electron chi connectivity index (χ1n) is 8.82. The average molecular weight is 339 g/mol. The predicted molar refractivity (Wildman–Crippen MR) is 101 cm³/mol. The number of aromatic amines is 1. The fourth-order valence-corrected chi connectivity index (χ4v) is 3.56. The van der Waals surface area contributed by atoms with Crippen LogP contribution in [0, 0.1) is 5.92 Å². The van der Waals surface area contributed by atoms with Gasteiger partial charge in [0.1, 0.15) is 5.82 Å². The van der Waals surface area contributed by atoms with Crippen LogP contribution in [0.1, 0.15) is 24.0 Å². The summed E-state index contributed by atoms with van der Waals surface area (Å²) in [6.07, 6.45) is 5.37. The van der Waals surface area contributed by atoms with Gasteiger partial charge < -0.3 is 4.90 Å². The molecule has 0 saturated carbocycles. The Labute approximate surface area is 147 Å². The molecule has 0 bridgehead atoms. The van der Waals surface area contributed by atoms with Gasteiger partial charge in [-0.05, 0) is 37.2 Å². The van der Waals surface area contributed by atoms with Crippen molar-refractivity contribution in [3.63, 3.8) is 0 Å². The molecule has 25 heavy (non-hydrogen) atoms. The maximum absolute atomic E-state index is 12.4. The molecule has 5 nitrogen and oxygen atoms in total. The molecular weight excluding hydrogens is 314 g/mol. The third kappa shape index (κ3) is 3.76. The van der Waals surface area contributed by atoms with E-state index in [4.69, 9.17) is 0 Å². The quantitative estimate of drug-likeness (QED) is 0.850. The average Bonchev–Trinajstić information content (AvgIpc) is 2.64. The number of piperidine rings is 1. The van der Waals surface area contributed by atoms with Crippen LogP contribution in [-0.4, -0.2) is 22.6 Å². The molecule has 2 aromatic rings. The minimum atomic E-state index is -0.362. The lowest BCUT2D eigenvalue weighted by molar-refractivity contribution is 0.401. The van der Waals surface area contributed by atoms with Crippen LogP contribution in [0.5, 0.6) is 0 Å². The van der Waals surface area contributed by atoms with Crippen LogP contribution < -0.4 is 16.1 Å². The topological polar surface area (TPSA) is 58.1 Å². The number of nitrogens with zero attached hydrogens (tertiary/aromatic N) is 2. The number of anilines is 1. The van der Waals surface area contributed by atoms with E-state index in [0.717, 1.165) is 36.9 Å². The van der Waals surface area contributed by atoms with Gasteiger partial charge >= 0.3 is 5.69 Å². The van der Waals surface area contributed by atoms with E-state index in [1.54, 1.807) is 6.08 Å². The highest BCUT2D eigenvalue weighted by Gasteiger charge is 2.23. The number of nitrogens with one attached hydrogen (secondary N) is 1. The highest BCUT2D eigenvalue weighted by Crippen LogP contribution is 2.25. The van der Waals surface area contributed by atoms with E-state index in [1.807, 2.05) is 6.07 Å². The summed E-state index contributed by atoms with van der Waals surface area (Å²) >= 11 is 0. The molecule has 3 rings (SSSR count). The number of allylic oxidation sites excluding steroid dienone is 1. The molecule has 132 valence electrons. The number of hydrogen-bond donors (Lipinski definition) is 1. The van der Waals surface area contributed by atoms with E-state index >= 15 is 0 Å². The molecule has 5 heteroatoms. The molecule has 0 amide bonds. The summed E-state index contributed by atoms with van der Waals surface area (Å²) in [5.74, 6) is 1.31. The number of rotatable bonds is 5. The normalized spacial score (nSPS) is 15.3. The molecule has 1 aliphatic rings. The molecular formula is C20H25N3O2. The van der Waals surface area contributed by atoms with E-state index in [9.17, 15) is 9.59 Å². The second-order valence-electron chi connectivity index (χ2n) is 6.73. The van der Waals surface area contributed by atoms with Crippen LogP contribution in [0.3, 0.4) is 0 Å². The Hall–Kier alpha value is -2.56. The Bertz CT molecular complexity index is 843. The molecule has 0 aliphatic carbocycles. The maximum Gasteiger partial charge on any atom is 0.329 e. The summed E-state index contributed by atoms with van der Waals surface area (Å²) < 4.78 is 1.13. The monoisotopic (exact) mass is 339 g/mol. The SMILES string of the molecule is C=CCc1c(N2CCC(Cc3ccccc3)CC2)[nH]c(=O)n(C)c1=O. The van der Waals surface area contributed by atoms with Gasteiger partial charge in [0.05, 0.1) is 5.56 Å². The van der Waals surface area contributed by atoms with Crippen molar-refractivity contribution in [2.24, 2.45) is 13.0 Å². The van der Waals surface area contributed by atoms with E-state index < -0.39 is 0 Å². The largest absolute Gasteiger partial charge is 0.358 e. The molecule has 0 radical (unpaired) electrons. The van der Waals surface area contributed by atoms with Crippen molar-refractivity contribution in [2.75, 3.05) is 18.0 Å². The van der Waals surface area contributed by atoms with Crippen LogP contribution in [0.25, 0.3) is 0 Å². The van der Waals surface area contributed by atoms with Crippen molar-refractivity contribution >= 4 is 5.82 Å². The molecule has 0 unspecified atom stereocenters. The van der Waals surface area contributed by atoms with Gasteiger partial charge in [-0.1, -0.05) is 36.4 Å². The third-order valence-corrected chi connectivity index (χ3v) is 5.03. The first-order chi connectivity index (χ1) is 12.1. The molecule has 0 atom stereocenters. The van der Waals surface area contributed by atoms with Gasteiger partial charge in [0.25, 0.3) is 5.56 Å². The van der Waals surface area contributed by atoms with Crippen LogP contribution in [0.15, 0.2) is 52.6 Å². The molecule has 1 aromatic carbocycles. The first-order valence-corrected chi connectivity index (χ1v) is 8.82. The zero-order valence-electron chi connectivity index (χ0n) is 14.7. The van der Waals surface area contributed by atoms with Gasteiger partial charge in [-0.15, -0.1) is 6.58 Å². The minimum absolute atomic E-state index is 0.231. The van der Waals surface area contributed by atoms with E-state index in [1.165, 1.54) is 12.6 Å². The lowest BCUT2D eigenvalue weighted by Gasteiger charge is -2.34. The zero-order chi connectivity index (χ0) is 17.8. The predicted octanol–water partition coefficient (Wildman–Crippen LogP) is 2.26. The highest BCUT2D eigenvalue weighted by atomic mass is 16.2. The second-order valence-corrected chi connectivity index (χ2v) is 6.73. The second kappa shape index (κ2) is 7.55. The number of benzene rings is 1. The van der Waals surface area contributed by atoms with E-state index in [0.29, 0.717) is 23.7 Å². The van der Waals surface area contributed by atoms with E-state index in [2.05, 4.69) is 40.7 Å². The standard InChI is InChI=1S/C20H25N3O2/c1-3-7-17-18(21-20(25)22(2)19(17)24)23-12-10-16(11-13-23)14-15-8-5-4-6-9-15/h3-6,8-9,16H,1,7,10-14H2,2H3,(H,21,25). The molecule has 1 N–H and O–H groups in total. The smallest absolute Gasteiger partial charge is 0.329 e. The van der Waals surface area contributed by atoms with Gasteiger partial charge in [-0.2, -0.15) is 0 Å². The third-order valence-electron chi connectivity index (χ3n) is 5.03. The van der Waals surface area contributed by atoms with Crippen LogP contribution in [-0.2, 0) is 19.9 Å². The lowest BCUT2D eigenvalue weighted by atomic mass is 9.90. The van der Waals surface area contributed by atoms with Crippen molar-refractivity contribution in [1.82, 2.24) is 9.55 Å². The Morgan fingerprint density at radius 2 is 1.88 bits per heavy atom. The van der Waals surface area contributed by atoms with Gasteiger partial charge in [-0.25, -0.2) is 4.79 Å². The van der Waals surface area contributed by atoms with Crippen LogP contribution >= 0.6 is 0 Å². The fraction of sp³-hybridized carbons (Fsp3) is 0.400. The molecule has 0 spiro atoms. The number of hydrogen-bond acceptors (Lipinski definition) is 3. The maximum atomic E-state index is 12.4. The number of H-pyrrole nitrogens is 1. The van der Waals surface area contributed by atoms with Crippen molar-refractivity contribution < 1.29 is 0 Å². The minimum Gasteiger partial charge on any atom is -0.358 e. The molecule has 1 aliphatic heterocycles. The Morgan fingerprint density at radius 1 is 1.20 bits per heavy atom. The number of aromatic nitrogens is 2. The van der Waals surface area contributed by atoms with Gasteiger partial charge in [0.2, 0.25) is 0 Å². The molecule has 1 fully saturated rings. The van der Waals surface area contributed by atoms with Crippen LogP contribution in [0.4, 0.5) is 5.82 Å². The van der Waals surface area contributed by atoms with Crippen molar-refractivity contribution in [3.05, 3.63) is 75.0 Å². The Morgan fingerprint density at radius 3 is 2.52 bits per heavy atom. The fourth-order valence-electron chi connectivity index (χ4n) is 3.56. The Kier molecular flexibility index (Phi) is 5.22. The summed E-state index contributed by atoms with van der Waals surface area (Å²) in [6, 6.07) is 10.5. The zero-order valence-corrected chi connectivity index (χ0v) is 14.7. The van der Waals surface area contributed by atoms with Crippen molar-refractivity contribution in [1.29, 1.82) is 0 Å². The molecule has 1 aromatic heterocycles. The van der Waals surface area contributed by atoms with Crippen molar-refractivity contribution in [3.8, 4) is 0 Å². The summed E-state index contributed by atoms with van der Waals surface area (Å²) in [7, 11) is 1.50. The van der Waals surface area contributed by atoms with Gasteiger partial charge in [-0.3, -0.25) is 14.3 Å². The van der Waals surface area contributed by atoms with Gasteiger partial charge in [0, 0.05) is 20.1 Å². The van der Waals surface area contributed by atoms with Crippen molar-refractivity contribution in [2.45, 2.75) is 25.7 Å².